The van der Waals surface area contributed by atoms with Gasteiger partial charge in [0.25, 0.3) is 5.91 Å². The van der Waals surface area contributed by atoms with Crippen LogP contribution in [0.15, 0.2) is 42.5 Å². The Labute approximate surface area is 132 Å². The molecule has 0 atom stereocenters. The van der Waals surface area contributed by atoms with E-state index in [1.165, 1.54) is 0 Å². The van der Waals surface area contributed by atoms with Crippen LogP contribution in [0.2, 0.25) is 0 Å². The summed E-state index contributed by atoms with van der Waals surface area (Å²) in [5.74, 6) is -0.288. The summed E-state index contributed by atoms with van der Waals surface area (Å²) in [6.45, 7) is 0. The van der Waals surface area contributed by atoms with Crippen molar-refractivity contribution in [3.8, 4) is 5.75 Å². The van der Waals surface area contributed by atoms with Gasteiger partial charge in [-0.2, -0.15) is 0 Å². The van der Waals surface area contributed by atoms with Crippen LogP contribution in [0, 0.1) is 7.14 Å². The Morgan fingerprint density at radius 2 is 1.72 bits per heavy atom. The third-order valence-electron chi connectivity index (χ3n) is 2.35. The predicted molar refractivity (Wildman–Crippen MR) is 87.9 cm³/mol. The van der Waals surface area contributed by atoms with Crippen molar-refractivity contribution < 1.29 is 9.90 Å². The highest BCUT2D eigenvalue weighted by atomic mass is 127. The fourth-order valence-electron chi connectivity index (χ4n) is 1.44. The Bertz CT molecular complexity index is 585. The Hall–Kier alpha value is -0.830. The van der Waals surface area contributed by atoms with Crippen molar-refractivity contribution in [1.82, 2.24) is 0 Å². The highest BCUT2D eigenvalue weighted by Crippen LogP contribution is 2.29. The first kappa shape index (κ1) is 13.6. The van der Waals surface area contributed by atoms with Crippen molar-refractivity contribution >= 4 is 56.8 Å². The van der Waals surface area contributed by atoms with Gasteiger partial charge in [-0.15, -0.1) is 0 Å². The van der Waals surface area contributed by atoms with Gasteiger partial charge in [-0.1, -0.05) is 18.2 Å². The second-order valence-electron chi connectivity index (χ2n) is 3.58. The van der Waals surface area contributed by atoms with Crippen LogP contribution >= 0.6 is 45.2 Å². The first-order valence-corrected chi connectivity index (χ1v) is 7.28. The summed E-state index contributed by atoms with van der Waals surface area (Å²) in [4.78, 5) is 12.0. The van der Waals surface area contributed by atoms with Crippen molar-refractivity contribution in [3.63, 3.8) is 0 Å². The number of aromatic hydroxyl groups is 1. The molecule has 0 fully saturated rings. The van der Waals surface area contributed by atoms with Crippen LogP contribution in [0.3, 0.4) is 0 Å². The van der Waals surface area contributed by atoms with Gasteiger partial charge < -0.3 is 10.4 Å². The first-order valence-electron chi connectivity index (χ1n) is 5.13. The average molecular weight is 465 g/mol. The van der Waals surface area contributed by atoms with Crippen molar-refractivity contribution in [2.75, 3.05) is 5.32 Å². The largest absolute Gasteiger partial charge is 0.506 e. The predicted octanol–water partition coefficient (Wildman–Crippen LogP) is 3.85. The van der Waals surface area contributed by atoms with Gasteiger partial charge in [0, 0.05) is 9.26 Å². The molecule has 92 valence electrons. The number of rotatable bonds is 2. The quantitative estimate of drug-likeness (QED) is 0.663. The Balaban J connectivity index is 2.28. The molecule has 0 saturated carbocycles. The lowest BCUT2D eigenvalue weighted by atomic mass is 10.2. The maximum atomic E-state index is 12.0. The van der Waals surface area contributed by atoms with Crippen molar-refractivity contribution in [3.05, 3.63) is 55.2 Å². The van der Waals surface area contributed by atoms with Gasteiger partial charge in [-0.25, -0.2) is 0 Å². The number of hydrogen-bond donors (Lipinski definition) is 2. The van der Waals surface area contributed by atoms with Gasteiger partial charge in [0.1, 0.15) is 5.75 Å². The van der Waals surface area contributed by atoms with Crippen molar-refractivity contribution in [1.29, 1.82) is 0 Å². The van der Waals surface area contributed by atoms with Crippen LogP contribution in [-0.2, 0) is 0 Å². The SMILES string of the molecule is O=C(Nc1ccccc1)c1ccc(I)c(I)c1O. The van der Waals surface area contributed by atoms with Gasteiger partial charge in [0.05, 0.1) is 9.13 Å². The summed E-state index contributed by atoms with van der Waals surface area (Å²) in [5, 5.41) is 12.7. The zero-order valence-corrected chi connectivity index (χ0v) is 13.5. The van der Waals surface area contributed by atoms with Gasteiger partial charge in [-0.3, -0.25) is 4.79 Å². The van der Waals surface area contributed by atoms with E-state index in [1.807, 2.05) is 46.9 Å². The molecule has 0 bridgehead atoms. The number of halogens is 2. The number of phenolic OH excluding ortho intramolecular Hbond substituents is 1. The lowest BCUT2D eigenvalue weighted by Gasteiger charge is -2.08. The zero-order valence-electron chi connectivity index (χ0n) is 9.15. The number of para-hydroxylation sites is 1. The summed E-state index contributed by atoms with van der Waals surface area (Å²) in [6, 6.07) is 12.6. The summed E-state index contributed by atoms with van der Waals surface area (Å²) in [5.41, 5.74) is 0.985. The highest BCUT2D eigenvalue weighted by Gasteiger charge is 2.15. The van der Waals surface area contributed by atoms with Crippen LogP contribution in [0.25, 0.3) is 0 Å². The number of benzene rings is 2. The third kappa shape index (κ3) is 2.94. The van der Waals surface area contributed by atoms with E-state index in [-0.39, 0.29) is 17.2 Å². The number of phenols is 1. The lowest BCUT2D eigenvalue weighted by Crippen LogP contribution is -2.12. The average Bonchev–Trinajstić information content (AvgIpc) is 2.37. The molecule has 18 heavy (non-hydrogen) atoms. The minimum absolute atomic E-state index is 0.0240. The smallest absolute Gasteiger partial charge is 0.259 e. The molecule has 2 aromatic carbocycles. The van der Waals surface area contributed by atoms with E-state index in [2.05, 4.69) is 27.9 Å². The standard InChI is InChI=1S/C13H9I2NO2/c14-10-7-6-9(12(17)11(10)15)13(18)16-8-4-2-1-3-5-8/h1-7,17H,(H,16,18). The summed E-state index contributed by atoms with van der Waals surface area (Å²) < 4.78 is 1.61. The van der Waals surface area contributed by atoms with E-state index >= 15 is 0 Å². The number of anilines is 1. The third-order valence-corrected chi connectivity index (χ3v) is 5.37. The molecular formula is C13H9I2NO2. The minimum Gasteiger partial charge on any atom is -0.506 e. The number of hydrogen-bond acceptors (Lipinski definition) is 2. The molecule has 0 aliphatic rings. The van der Waals surface area contributed by atoms with Crippen molar-refractivity contribution in [2.45, 2.75) is 0 Å². The number of amides is 1. The Morgan fingerprint density at radius 1 is 1.06 bits per heavy atom. The molecule has 0 saturated heterocycles. The fraction of sp³-hybridized carbons (Fsp3) is 0. The molecule has 1 amide bonds. The maximum Gasteiger partial charge on any atom is 0.259 e. The molecule has 2 aromatic rings. The van der Waals surface area contributed by atoms with Gasteiger partial charge in [0.15, 0.2) is 0 Å². The molecule has 0 spiro atoms. The van der Waals surface area contributed by atoms with E-state index in [4.69, 9.17) is 0 Å². The summed E-state index contributed by atoms with van der Waals surface area (Å²) in [6.07, 6.45) is 0. The number of carbonyl (C=O) groups is 1. The first-order chi connectivity index (χ1) is 8.59. The molecule has 3 nitrogen and oxygen atoms in total. The number of nitrogens with one attached hydrogen (secondary N) is 1. The summed E-state index contributed by atoms with van der Waals surface area (Å²) in [7, 11) is 0. The molecule has 2 N–H and O–H groups in total. The molecule has 0 heterocycles. The monoisotopic (exact) mass is 465 g/mol. The molecule has 0 aliphatic carbocycles. The fourth-order valence-corrected chi connectivity index (χ4v) is 2.35. The molecule has 0 aromatic heterocycles. The minimum atomic E-state index is -0.312. The molecular weight excluding hydrogens is 456 g/mol. The highest BCUT2D eigenvalue weighted by molar-refractivity contribution is 14.1. The normalized spacial score (nSPS) is 10.1. The van der Waals surface area contributed by atoms with E-state index in [0.717, 1.165) is 3.57 Å². The zero-order chi connectivity index (χ0) is 13.1. The van der Waals surface area contributed by atoms with E-state index in [1.54, 1.807) is 18.2 Å². The van der Waals surface area contributed by atoms with Gasteiger partial charge >= 0.3 is 0 Å². The van der Waals surface area contributed by atoms with Crippen LogP contribution < -0.4 is 5.32 Å². The molecule has 2 rings (SSSR count). The summed E-state index contributed by atoms with van der Waals surface area (Å²) >= 11 is 4.14. The topological polar surface area (TPSA) is 49.3 Å². The van der Waals surface area contributed by atoms with Crippen LogP contribution in [0.4, 0.5) is 5.69 Å². The molecule has 0 unspecified atom stereocenters. The van der Waals surface area contributed by atoms with Gasteiger partial charge in [0.2, 0.25) is 0 Å². The van der Waals surface area contributed by atoms with Crippen molar-refractivity contribution in [2.24, 2.45) is 0 Å². The Kier molecular flexibility index (Phi) is 4.44. The second kappa shape index (κ2) is 5.87. The van der Waals surface area contributed by atoms with Crippen LogP contribution in [0.1, 0.15) is 10.4 Å². The van der Waals surface area contributed by atoms with E-state index < -0.39 is 0 Å². The van der Waals surface area contributed by atoms with E-state index in [9.17, 15) is 9.90 Å². The molecule has 0 aliphatic heterocycles. The number of carbonyl (C=O) groups excluding carboxylic acids is 1. The van der Waals surface area contributed by atoms with Crippen LogP contribution in [0.5, 0.6) is 5.75 Å². The molecule has 5 heteroatoms. The van der Waals surface area contributed by atoms with E-state index in [0.29, 0.717) is 9.26 Å². The molecule has 0 radical (unpaired) electrons. The second-order valence-corrected chi connectivity index (χ2v) is 5.82. The van der Waals surface area contributed by atoms with Gasteiger partial charge in [-0.05, 0) is 69.4 Å². The Morgan fingerprint density at radius 3 is 2.39 bits per heavy atom. The lowest BCUT2D eigenvalue weighted by molar-refractivity contribution is 0.102. The van der Waals surface area contributed by atoms with Crippen LogP contribution in [-0.4, -0.2) is 11.0 Å². The maximum absolute atomic E-state index is 12.0.